The van der Waals surface area contributed by atoms with E-state index in [1.165, 1.54) is 14.2 Å². The smallest absolute Gasteiger partial charge is 0.270 e. The third-order valence-corrected chi connectivity index (χ3v) is 2.46. The number of hydrogen-bond donors (Lipinski definition) is 1. The highest BCUT2D eigenvalue weighted by atomic mass is 16.7. The first-order valence-corrected chi connectivity index (χ1v) is 5.38. The lowest BCUT2D eigenvalue weighted by atomic mass is 10.2. The van der Waals surface area contributed by atoms with Crippen LogP contribution in [0.4, 0.5) is 0 Å². The predicted molar refractivity (Wildman–Crippen MR) is 63.7 cm³/mol. The number of carbonyl (C=O) groups is 1. The maximum atomic E-state index is 11.9. The molecule has 1 heterocycles. The van der Waals surface area contributed by atoms with Gasteiger partial charge < -0.3 is 14.8 Å². The first-order valence-electron chi connectivity index (χ1n) is 5.38. The first-order chi connectivity index (χ1) is 8.10. The van der Waals surface area contributed by atoms with Crippen molar-refractivity contribution in [2.45, 2.75) is 26.2 Å². The topological polar surface area (TPSA) is 60.5 Å². The van der Waals surface area contributed by atoms with Crippen molar-refractivity contribution < 1.29 is 14.3 Å². The van der Waals surface area contributed by atoms with E-state index in [2.05, 4.69) is 10.3 Å². The standard InChI is InChI=1S/C12H18N2O3/c1-8-6-5-7-13-10(8)11(15)14-9(2)12(16-3)17-4/h5-7,9,12H,1-4H3,(H,14,15). The molecule has 1 amide bonds. The summed E-state index contributed by atoms with van der Waals surface area (Å²) >= 11 is 0. The summed E-state index contributed by atoms with van der Waals surface area (Å²) < 4.78 is 10.1. The van der Waals surface area contributed by atoms with Gasteiger partial charge in [0.15, 0.2) is 6.29 Å². The van der Waals surface area contributed by atoms with E-state index in [4.69, 9.17) is 9.47 Å². The Kier molecular flexibility index (Phi) is 5.06. The van der Waals surface area contributed by atoms with E-state index in [0.717, 1.165) is 5.56 Å². The lowest BCUT2D eigenvalue weighted by molar-refractivity contribution is -0.117. The zero-order chi connectivity index (χ0) is 12.8. The quantitative estimate of drug-likeness (QED) is 0.781. The van der Waals surface area contributed by atoms with Crippen LogP contribution in [-0.2, 0) is 9.47 Å². The lowest BCUT2D eigenvalue weighted by Gasteiger charge is -2.22. The fraction of sp³-hybridized carbons (Fsp3) is 0.500. The van der Waals surface area contributed by atoms with Gasteiger partial charge in [0.1, 0.15) is 5.69 Å². The highest BCUT2D eigenvalue weighted by Gasteiger charge is 2.20. The number of ether oxygens (including phenoxy) is 2. The van der Waals surface area contributed by atoms with Crippen LogP contribution in [0.2, 0.25) is 0 Å². The predicted octanol–water partition coefficient (Wildman–Crippen LogP) is 1.13. The van der Waals surface area contributed by atoms with Gasteiger partial charge in [-0.05, 0) is 25.5 Å². The first kappa shape index (κ1) is 13.6. The van der Waals surface area contributed by atoms with Gasteiger partial charge in [-0.3, -0.25) is 9.78 Å². The molecule has 94 valence electrons. The molecule has 0 aliphatic carbocycles. The monoisotopic (exact) mass is 238 g/mol. The van der Waals surface area contributed by atoms with Crippen LogP contribution in [0.5, 0.6) is 0 Å². The molecule has 17 heavy (non-hydrogen) atoms. The number of aromatic nitrogens is 1. The number of rotatable bonds is 5. The molecule has 0 aliphatic heterocycles. The Bertz CT molecular complexity index is 378. The fourth-order valence-electron chi connectivity index (χ4n) is 1.57. The number of pyridine rings is 1. The van der Waals surface area contributed by atoms with Crippen molar-refractivity contribution in [3.8, 4) is 0 Å². The zero-order valence-corrected chi connectivity index (χ0v) is 10.6. The van der Waals surface area contributed by atoms with Crippen LogP contribution in [0.1, 0.15) is 23.0 Å². The van der Waals surface area contributed by atoms with Crippen molar-refractivity contribution in [1.82, 2.24) is 10.3 Å². The number of carbonyl (C=O) groups excluding carboxylic acids is 1. The van der Waals surface area contributed by atoms with Gasteiger partial charge in [0.25, 0.3) is 5.91 Å². The number of aryl methyl sites for hydroxylation is 1. The summed E-state index contributed by atoms with van der Waals surface area (Å²) in [6, 6.07) is 3.39. The van der Waals surface area contributed by atoms with E-state index in [0.29, 0.717) is 5.69 Å². The molecule has 1 rings (SSSR count). The molecule has 0 saturated carbocycles. The van der Waals surface area contributed by atoms with Gasteiger partial charge in [-0.15, -0.1) is 0 Å². The zero-order valence-electron chi connectivity index (χ0n) is 10.6. The molecule has 0 aliphatic rings. The summed E-state index contributed by atoms with van der Waals surface area (Å²) in [7, 11) is 3.06. The van der Waals surface area contributed by atoms with Crippen molar-refractivity contribution in [2.75, 3.05) is 14.2 Å². The van der Waals surface area contributed by atoms with E-state index < -0.39 is 6.29 Å². The van der Waals surface area contributed by atoms with Crippen molar-refractivity contribution in [1.29, 1.82) is 0 Å². The van der Waals surface area contributed by atoms with Crippen LogP contribution < -0.4 is 5.32 Å². The highest BCUT2D eigenvalue weighted by Crippen LogP contribution is 2.05. The minimum Gasteiger partial charge on any atom is -0.354 e. The molecular formula is C12H18N2O3. The number of nitrogens with one attached hydrogen (secondary N) is 1. The Balaban J connectivity index is 2.70. The normalized spacial score (nSPS) is 12.5. The van der Waals surface area contributed by atoms with Crippen LogP contribution in [0.25, 0.3) is 0 Å². The Morgan fingerprint density at radius 2 is 2.06 bits per heavy atom. The summed E-state index contributed by atoms with van der Waals surface area (Å²) in [6.45, 7) is 3.66. The van der Waals surface area contributed by atoms with E-state index in [9.17, 15) is 4.79 Å². The number of nitrogens with zero attached hydrogens (tertiary/aromatic N) is 1. The summed E-state index contributed by atoms with van der Waals surface area (Å²) in [5, 5.41) is 2.79. The molecule has 0 radical (unpaired) electrons. The molecular weight excluding hydrogens is 220 g/mol. The van der Waals surface area contributed by atoms with Crippen LogP contribution >= 0.6 is 0 Å². The van der Waals surface area contributed by atoms with Gasteiger partial charge in [-0.2, -0.15) is 0 Å². The van der Waals surface area contributed by atoms with Crippen LogP contribution in [-0.4, -0.2) is 37.4 Å². The summed E-state index contributed by atoms with van der Waals surface area (Å²) in [5.41, 5.74) is 1.26. The lowest BCUT2D eigenvalue weighted by Crippen LogP contribution is -2.43. The van der Waals surface area contributed by atoms with Gasteiger partial charge in [0.2, 0.25) is 0 Å². The Morgan fingerprint density at radius 1 is 1.41 bits per heavy atom. The molecule has 0 saturated heterocycles. The second-order valence-electron chi connectivity index (χ2n) is 3.77. The highest BCUT2D eigenvalue weighted by molar-refractivity contribution is 5.93. The molecule has 1 N–H and O–H groups in total. The SMILES string of the molecule is COC(OC)C(C)NC(=O)c1ncccc1C. The van der Waals surface area contributed by atoms with E-state index in [1.807, 2.05) is 19.9 Å². The van der Waals surface area contributed by atoms with Crippen LogP contribution in [0.3, 0.4) is 0 Å². The largest absolute Gasteiger partial charge is 0.354 e. The summed E-state index contributed by atoms with van der Waals surface area (Å²) in [5.74, 6) is -0.227. The van der Waals surface area contributed by atoms with Gasteiger partial charge in [-0.1, -0.05) is 6.07 Å². The summed E-state index contributed by atoms with van der Waals surface area (Å²) in [4.78, 5) is 16.0. The minimum absolute atomic E-state index is 0.227. The molecule has 1 unspecified atom stereocenters. The molecule has 1 aromatic rings. The molecule has 1 atom stereocenters. The molecule has 0 spiro atoms. The molecule has 1 aromatic heterocycles. The van der Waals surface area contributed by atoms with Crippen molar-refractivity contribution in [3.63, 3.8) is 0 Å². The maximum absolute atomic E-state index is 11.9. The third-order valence-electron chi connectivity index (χ3n) is 2.46. The number of amides is 1. The molecule has 0 fully saturated rings. The van der Waals surface area contributed by atoms with Crippen LogP contribution in [0, 0.1) is 6.92 Å². The Morgan fingerprint density at radius 3 is 2.59 bits per heavy atom. The second-order valence-corrected chi connectivity index (χ2v) is 3.77. The molecule has 0 bridgehead atoms. The maximum Gasteiger partial charge on any atom is 0.270 e. The van der Waals surface area contributed by atoms with Crippen LogP contribution in [0.15, 0.2) is 18.3 Å². The Hall–Kier alpha value is -1.46. The minimum atomic E-state index is -0.469. The van der Waals surface area contributed by atoms with Crippen molar-refractivity contribution >= 4 is 5.91 Å². The van der Waals surface area contributed by atoms with Gasteiger partial charge in [0, 0.05) is 20.4 Å². The van der Waals surface area contributed by atoms with E-state index in [-0.39, 0.29) is 11.9 Å². The van der Waals surface area contributed by atoms with Gasteiger partial charge in [0.05, 0.1) is 6.04 Å². The molecule has 5 heteroatoms. The second kappa shape index (κ2) is 6.32. The van der Waals surface area contributed by atoms with E-state index in [1.54, 1.807) is 12.3 Å². The number of methoxy groups -OCH3 is 2. The number of hydrogen-bond acceptors (Lipinski definition) is 4. The third kappa shape index (κ3) is 3.51. The van der Waals surface area contributed by atoms with E-state index >= 15 is 0 Å². The molecule has 5 nitrogen and oxygen atoms in total. The summed E-state index contributed by atoms with van der Waals surface area (Å²) in [6.07, 6.45) is 1.12. The fourth-order valence-corrected chi connectivity index (χ4v) is 1.57. The Labute approximate surface area is 101 Å². The van der Waals surface area contributed by atoms with Crippen molar-refractivity contribution in [2.24, 2.45) is 0 Å². The van der Waals surface area contributed by atoms with Crippen molar-refractivity contribution in [3.05, 3.63) is 29.6 Å². The average molecular weight is 238 g/mol. The van der Waals surface area contributed by atoms with Gasteiger partial charge in [-0.25, -0.2) is 0 Å². The average Bonchev–Trinajstić information content (AvgIpc) is 2.31. The van der Waals surface area contributed by atoms with Gasteiger partial charge >= 0.3 is 0 Å². The molecule has 0 aromatic carbocycles.